The average Bonchev–Trinajstić information content (AvgIpc) is 3.24. The van der Waals surface area contributed by atoms with Crippen LogP contribution in [0.3, 0.4) is 0 Å². The number of fused-ring (bicyclic) bond motifs is 1. The number of carbonyl (C=O) groups is 2. The van der Waals surface area contributed by atoms with E-state index in [9.17, 15) is 9.59 Å². The third-order valence-corrected chi connectivity index (χ3v) is 6.45. The molecular weight excluding hydrogens is 350 g/mol. The van der Waals surface area contributed by atoms with Gasteiger partial charge in [-0.1, -0.05) is 30.5 Å². The zero-order chi connectivity index (χ0) is 18.3. The molecule has 3 unspecified atom stereocenters. The molecule has 2 heterocycles. The summed E-state index contributed by atoms with van der Waals surface area (Å²) in [5, 5.41) is 0.545. The zero-order valence-electron chi connectivity index (χ0n) is 14.9. The van der Waals surface area contributed by atoms with Crippen molar-refractivity contribution in [3.8, 4) is 0 Å². The first-order chi connectivity index (χ1) is 12.5. The number of hydrogen-bond donors (Lipinski definition) is 1. The van der Waals surface area contributed by atoms with Crippen LogP contribution in [0.15, 0.2) is 24.3 Å². The molecule has 0 spiro atoms. The maximum absolute atomic E-state index is 13.3. The maximum Gasteiger partial charge on any atom is 0.254 e. The van der Waals surface area contributed by atoms with E-state index in [2.05, 4.69) is 0 Å². The predicted octanol–water partition coefficient (Wildman–Crippen LogP) is 2.67. The van der Waals surface area contributed by atoms with E-state index in [1.165, 1.54) is 6.42 Å². The predicted molar refractivity (Wildman–Crippen MR) is 101 cm³/mol. The normalized spacial score (nSPS) is 31.2. The van der Waals surface area contributed by atoms with E-state index in [0.29, 0.717) is 29.6 Å². The van der Waals surface area contributed by atoms with Crippen molar-refractivity contribution in [3.05, 3.63) is 34.9 Å². The van der Waals surface area contributed by atoms with Crippen LogP contribution in [-0.4, -0.2) is 52.8 Å². The molecule has 6 heteroatoms. The van der Waals surface area contributed by atoms with Crippen molar-refractivity contribution < 1.29 is 9.59 Å². The molecule has 0 radical (unpaired) electrons. The van der Waals surface area contributed by atoms with E-state index in [1.807, 2.05) is 9.80 Å². The molecule has 1 aromatic rings. The van der Waals surface area contributed by atoms with Crippen molar-refractivity contribution in [2.45, 2.75) is 56.7 Å². The summed E-state index contributed by atoms with van der Waals surface area (Å²) in [6.45, 7) is 1.30. The molecule has 4 atom stereocenters. The molecule has 3 aliphatic rings. The van der Waals surface area contributed by atoms with Crippen molar-refractivity contribution in [2.75, 3.05) is 13.1 Å². The van der Waals surface area contributed by atoms with E-state index in [4.69, 9.17) is 17.3 Å². The molecule has 2 saturated heterocycles. The van der Waals surface area contributed by atoms with Gasteiger partial charge in [0.1, 0.15) is 6.04 Å². The second-order valence-corrected chi connectivity index (χ2v) is 8.36. The van der Waals surface area contributed by atoms with Crippen LogP contribution in [0.1, 0.15) is 48.9 Å². The summed E-state index contributed by atoms with van der Waals surface area (Å²) in [7, 11) is 0. The minimum absolute atomic E-state index is 0.0553. The van der Waals surface area contributed by atoms with Crippen LogP contribution in [0.4, 0.5) is 0 Å². The number of carbonyl (C=O) groups excluding carboxylic acids is 2. The van der Waals surface area contributed by atoms with Gasteiger partial charge in [0, 0.05) is 35.8 Å². The molecule has 1 aliphatic carbocycles. The van der Waals surface area contributed by atoms with E-state index in [0.717, 1.165) is 32.1 Å². The Morgan fingerprint density at radius 2 is 1.96 bits per heavy atom. The summed E-state index contributed by atoms with van der Waals surface area (Å²) < 4.78 is 0. The Hall–Kier alpha value is -1.59. The van der Waals surface area contributed by atoms with Crippen LogP contribution in [-0.2, 0) is 4.79 Å². The van der Waals surface area contributed by atoms with Crippen molar-refractivity contribution in [2.24, 2.45) is 11.7 Å². The van der Waals surface area contributed by atoms with E-state index >= 15 is 0 Å². The SMILES string of the molecule is N[C@@H]1CCN(C(=O)C2CC3CCCCC3N2C(=O)c2cccc(Cl)c2)C1. The molecule has 1 saturated carbocycles. The number of amides is 2. The van der Waals surface area contributed by atoms with Crippen LogP contribution in [0.25, 0.3) is 0 Å². The van der Waals surface area contributed by atoms with Gasteiger partial charge in [-0.2, -0.15) is 0 Å². The van der Waals surface area contributed by atoms with Crippen LogP contribution in [0.5, 0.6) is 0 Å². The number of likely N-dealkylation sites (tertiary alicyclic amines) is 2. The van der Waals surface area contributed by atoms with Crippen LogP contribution < -0.4 is 5.73 Å². The van der Waals surface area contributed by atoms with E-state index < -0.39 is 0 Å². The largest absolute Gasteiger partial charge is 0.339 e. The Bertz CT molecular complexity index is 710. The van der Waals surface area contributed by atoms with Gasteiger partial charge in [0.25, 0.3) is 5.91 Å². The number of nitrogens with two attached hydrogens (primary N) is 1. The summed E-state index contributed by atoms with van der Waals surface area (Å²) in [6, 6.07) is 6.91. The van der Waals surface area contributed by atoms with Gasteiger partial charge in [-0.05, 0) is 49.8 Å². The van der Waals surface area contributed by atoms with Gasteiger partial charge in [-0.25, -0.2) is 0 Å². The third-order valence-electron chi connectivity index (χ3n) is 6.22. The molecule has 2 N–H and O–H groups in total. The smallest absolute Gasteiger partial charge is 0.254 e. The molecule has 0 aromatic heterocycles. The zero-order valence-corrected chi connectivity index (χ0v) is 15.7. The summed E-state index contributed by atoms with van der Waals surface area (Å²) in [5.41, 5.74) is 6.56. The molecule has 0 bridgehead atoms. The summed E-state index contributed by atoms with van der Waals surface area (Å²) >= 11 is 6.09. The molecule has 3 fully saturated rings. The number of hydrogen-bond acceptors (Lipinski definition) is 3. The van der Waals surface area contributed by atoms with Crippen molar-refractivity contribution >= 4 is 23.4 Å². The third kappa shape index (κ3) is 3.23. The monoisotopic (exact) mass is 375 g/mol. The molecule has 1 aromatic carbocycles. The Morgan fingerprint density at radius 3 is 2.69 bits per heavy atom. The minimum atomic E-state index is -0.361. The van der Waals surface area contributed by atoms with Crippen molar-refractivity contribution in [1.29, 1.82) is 0 Å². The fourth-order valence-electron chi connectivity index (χ4n) is 4.94. The van der Waals surface area contributed by atoms with Crippen molar-refractivity contribution in [3.63, 3.8) is 0 Å². The Morgan fingerprint density at radius 1 is 1.15 bits per heavy atom. The molecule has 140 valence electrons. The second-order valence-electron chi connectivity index (χ2n) is 7.92. The van der Waals surface area contributed by atoms with Gasteiger partial charge >= 0.3 is 0 Å². The molecule has 2 amide bonds. The number of benzene rings is 1. The van der Waals surface area contributed by atoms with Gasteiger partial charge in [-0.3, -0.25) is 9.59 Å². The lowest BCUT2D eigenvalue weighted by Crippen LogP contribution is -2.50. The fourth-order valence-corrected chi connectivity index (χ4v) is 5.13. The lowest BCUT2D eigenvalue weighted by Gasteiger charge is -2.34. The minimum Gasteiger partial charge on any atom is -0.339 e. The average molecular weight is 376 g/mol. The standard InChI is InChI=1S/C20H26ClN3O2/c21-15-6-3-5-14(10-15)19(25)24-17-7-2-1-4-13(17)11-18(24)20(26)23-9-8-16(22)12-23/h3,5-6,10,13,16-18H,1-2,4,7-9,11-12,22H2/t13?,16-,17?,18?/m1/s1. The highest BCUT2D eigenvalue weighted by atomic mass is 35.5. The highest BCUT2D eigenvalue weighted by Gasteiger charge is 2.49. The van der Waals surface area contributed by atoms with Crippen LogP contribution in [0, 0.1) is 5.92 Å². The van der Waals surface area contributed by atoms with Gasteiger partial charge in [0.05, 0.1) is 0 Å². The second kappa shape index (κ2) is 7.20. The molecular formula is C20H26ClN3O2. The Kier molecular flexibility index (Phi) is 4.93. The van der Waals surface area contributed by atoms with Gasteiger partial charge in [0.15, 0.2) is 0 Å². The highest BCUT2D eigenvalue weighted by molar-refractivity contribution is 6.31. The molecule has 2 aliphatic heterocycles. The van der Waals surface area contributed by atoms with Crippen LogP contribution in [0.2, 0.25) is 5.02 Å². The van der Waals surface area contributed by atoms with Gasteiger partial charge in [0.2, 0.25) is 5.91 Å². The topological polar surface area (TPSA) is 66.6 Å². The summed E-state index contributed by atoms with van der Waals surface area (Å²) in [5.74, 6) is 0.434. The van der Waals surface area contributed by atoms with Crippen LogP contribution >= 0.6 is 11.6 Å². The first-order valence-corrected chi connectivity index (χ1v) is 10.0. The molecule has 4 rings (SSSR count). The molecule has 5 nitrogen and oxygen atoms in total. The number of nitrogens with zero attached hydrogens (tertiary/aromatic N) is 2. The van der Waals surface area contributed by atoms with E-state index in [-0.39, 0.29) is 29.9 Å². The van der Waals surface area contributed by atoms with Gasteiger partial charge < -0.3 is 15.5 Å². The fraction of sp³-hybridized carbons (Fsp3) is 0.600. The lowest BCUT2D eigenvalue weighted by molar-refractivity contribution is -0.134. The first kappa shape index (κ1) is 17.8. The highest BCUT2D eigenvalue weighted by Crippen LogP contribution is 2.41. The first-order valence-electron chi connectivity index (χ1n) is 9.67. The summed E-state index contributed by atoms with van der Waals surface area (Å²) in [6.07, 6.45) is 6.02. The number of rotatable bonds is 2. The Labute approximate surface area is 159 Å². The summed E-state index contributed by atoms with van der Waals surface area (Å²) in [4.78, 5) is 30.2. The molecule has 26 heavy (non-hydrogen) atoms. The maximum atomic E-state index is 13.3. The quantitative estimate of drug-likeness (QED) is 0.864. The Balaban J connectivity index is 1.63. The number of halogens is 1. The van der Waals surface area contributed by atoms with E-state index in [1.54, 1.807) is 24.3 Å². The van der Waals surface area contributed by atoms with Gasteiger partial charge in [-0.15, -0.1) is 0 Å². The lowest BCUT2D eigenvalue weighted by atomic mass is 9.84. The van der Waals surface area contributed by atoms with Crippen molar-refractivity contribution in [1.82, 2.24) is 9.80 Å².